The van der Waals surface area contributed by atoms with E-state index in [9.17, 15) is 9.18 Å². The first-order valence-electron chi connectivity index (χ1n) is 10.1. The minimum absolute atomic E-state index is 0.0625. The second-order valence-electron chi connectivity index (χ2n) is 8.05. The van der Waals surface area contributed by atoms with Crippen LogP contribution in [0.5, 0.6) is 0 Å². The average molecular weight is 420 g/mol. The number of Topliss-reactive ketones (excluding diaryl/α,β-unsaturated/α-hetero) is 1. The van der Waals surface area contributed by atoms with Gasteiger partial charge in [0.25, 0.3) is 5.89 Å². The van der Waals surface area contributed by atoms with E-state index in [4.69, 9.17) is 14.0 Å². The minimum atomic E-state index is -0.349. The third kappa shape index (κ3) is 5.91. The van der Waals surface area contributed by atoms with Crippen LogP contribution in [0, 0.1) is 5.82 Å². The molecule has 0 aliphatic carbocycles. The SMILES string of the molecule is COCOCC(C)(C)NCCN1CCCC1C(=O)c1noc(-c2ccc(F)cc2)n1. The van der Waals surface area contributed by atoms with E-state index in [0.717, 1.165) is 32.5 Å². The Morgan fingerprint density at radius 1 is 1.37 bits per heavy atom. The third-order valence-electron chi connectivity index (χ3n) is 5.07. The number of carbonyl (C=O) groups excluding carboxylic acids is 1. The van der Waals surface area contributed by atoms with E-state index in [1.807, 2.05) is 0 Å². The summed E-state index contributed by atoms with van der Waals surface area (Å²) in [5, 5.41) is 7.32. The normalized spacial score (nSPS) is 17.5. The zero-order valence-corrected chi connectivity index (χ0v) is 17.7. The largest absolute Gasteiger partial charge is 0.359 e. The van der Waals surface area contributed by atoms with Crippen molar-refractivity contribution in [2.24, 2.45) is 0 Å². The predicted molar refractivity (Wildman–Crippen MR) is 109 cm³/mol. The van der Waals surface area contributed by atoms with E-state index >= 15 is 0 Å². The van der Waals surface area contributed by atoms with Crippen molar-refractivity contribution >= 4 is 5.78 Å². The summed E-state index contributed by atoms with van der Waals surface area (Å²) in [5.74, 6) is -0.222. The fourth-order valence-electron chi connectivity index (χ4n) is 3.54. The highest BCUT2D eigenvalue weighted by Crippen LogP contribution is 2.22. The van der Waals surface area contributed by atoms with Crippen molar-refractivity contribution in [2.75, 3.05) is 40.1 Å². The Morgan fingerprint density at radius 2 is 2.13 bits per heavy atom. The summed E-state index contributed by atoms with van der Waals surface area (Å²) in [6.07, 6.45) is 1.71. The number of ketones is 1. The zero-order valence-electron chi connectivity index (χ0n) is 17.7. The molecule has 0 bridgehead atoms. The summed E-state index contributed by atoms with van der Waals surface area (Å²) in [4.78, 5) is 19.3. The second-order valence-corrected chi connectivity index (χ2v) is 8.05. The average Bonchev–Trinajstić information content (AvgIpc) is 3.38. The Bertz CT molecular complexity index is 825. The van der Waals surface area contributed by atoms with Crippen molar-refractivity contribution in [3.05, 3.63) is 35.9 Å². The van der Waals surface area contributed by atoms with Crippen molar-refractivity contribution in [2.45, 2.75) is 38.3 Å². The summed E-state index contributed by atoms with van der Waals surface area (Å²) in [6, 6.07) is 5.45. The van der Waals surface area contributed by atoms with E-state index in [-0.39, 0.29) is 41.7 Å². The maximum absolute atomic E-state index is 13.1. The topological polar surface area (TPSA) is 89.7 Å². The van der Waals surface area contributed by atoms with E-state index in [1.165, 1.54) is 12.1 Å². The Labute approximate surface area is 175 Å². The van der Waals surface area contributed by atoms with Gasteiger partial charge in [0.1, 0.15) is 12.6 Å². The van der Waals surface area contributed by atoms with Crippen LogP contribution in [0.1, 0.15) is 37.3 Å². The molecule has 9 heteroatoms. The molecular formula is C21H29FN4O4. The number of rotatable bonds is 11. The van der Waals surface area contributed by atoms with Crippen LogP contribution in [0.4, 0.5) is 4.39 Å². The van der Waals surface area contributed by atoms with E-state index in [0.29, 0.717) is 12.2 Å². The van der Waals surface area contributed by atoms with Gasteiger partial charge in [-0.3, -0.25) is 9.69 Å². The van der Waals surface area contributed by atoms with Crippen LogP contribution in [-0.2, 0) is 9.47 Å². The molecule has 1 aliphatic rings. The van der Waals surface area contributed by atoms with Crippen molar-refractivity contribution in [3.63, 3.8) is 0 Å². The maximum atomic E-state index is 13.1. The summed E-state index contributed by atoms with van der Waals surface area (Å²) in [5.41, 5.74) is 0.378. The van der Waals surface area contributed by atoms with Crippen molar-refractivity contribution in [1.29, 1.82) is 0 Å². The van der Waals surface area contributed by atoms with Gasteiger partial charge in [-0.05, 0) is 57.5 Å². The molecule has 1 saturated heterocycles. The lowest BCUT2D eigenvalue weighted by atomic mass is 10.1. The lowest BCUT2D eigenvalue weighted by Crippen LogP contribution is -2.48. The number of carbonyl (C=O) groups is 1. The van der Waals surface area contributed by atoms with Crippen LogP contribution in [0.15, 0.2) is 28.8 Å². The van der Waals surface area contributed by atoms with Crippen LogP contribution in [0.25, 0.3) is 11.5 Å². The molecule has 8 nitrogen and oxygen atoms in total. The minimum Gasteiger partial charge on any atom is -0.359 e. The Kier molecular flexibility index (Phi) is 7.65. The zero-order chi connectivity index (χ0) is 21.6. The van der Waals surface area contributed by atoms with E-state index in [2.05, 4.69) is 34.2 Å². The highest BCUT2D eigenvalue weighted by atomic mass is 19.1. The first-order valence-corrected chi connectivity index (χ1v) is 10.1. The molecule has 2 aromatic rings. The molecule has 2 heterocycles. The summed E-state index contributed by atoms with van der Waals surface area (Å²) in [6.45, 7) is 7.21. The fraction of sp³-hybridized carbons (Fsp3) is 0.571. The van der Waals surface area contributed by atoms with Gasteiger partial charge in [0.2, 0.25) is 11.6 Å². The number of halogens is 1. The van der Waals surface area contributed by atoms with Gasteiger partial charge in [-0.2, -0.15) is 4.98 Å². The molecule has 1 unspecified atom stereocenters. The van der Waals surface area contributed by atoms with Gasteiger partial charge in [0.15, 0.2) is 0 Å². The number of aromatic nitrogens is 2. The Morgan fingerprint density at radius 3 is 2.87 bits per heavy atom. The molecule has 0 amide bonds. The van der Waals surface area contributed by atoms with Gasteiger partial charge in [0.05, 0.1) is 12.6 Å². The van der Waals surface area contributed by atoms with Crippen LogP contribution in [0.2, 0.25) is 0 Å². The van der Waals surface area contributed by atoms with E-state index < -0.39 is 0 Å². The number of nitrogens with one attached hydrogen (secondary N) is 1. The van der Waals surface area contributed by atoms with Gasteiger partial charge in [0, 0.05) is 31.3 Å². The molecule has 1 aromatic heterocycles. The van der Waals surface area contributed by atoms with Crippen LogP contribution >= 0.6 is 0 Å². The molecule has 1 aromatic carbocycles. The number of likely N-dealkylation sites (tertiary alicyclic amines) is 1. The first kappa shape index (κ1) is 22.5. The van der Waals surface area contributed by atoms with Crippen LogP contribution < -0.4 is 5.32 Å². The number of hydrogen-bond acceptors (Lipinski definition) is 8. The lowest BCUT2D eigenvalue weighted by molar-refractivity contribution is -0.0487. The first-order chi connectivity index (χ1) is 14.4. The summed E-state index contributed by atoms with van der Waals surface area (Å²) in [7, 11) is 1.59. The molecule has 1 atom stereocenters. The molecule has 30 heavy (non-hydrogen) atoms. The standard InChI is InChI=1S/C21H29FN4O4/c1-21(2,13-29-14-28-3)23-10-12-26-11-4-5-17(26)18(27)19-24-20(30-25-19)15-6-8-16(22)9-7-15/h6-9,17,23H,4-5,10-14H2,1-3H3. The molecule has 164 valence electrons. The second kappa shape index (κ2) is 10.2. The predicted octanol–water partition coefficient (Wildman–Crippen LogP) is 2.51. The Balaban J connectivity index is 1.55. The monoisotopic (exact) mass is 420 g/mol. The van der Waals surface area contributed by atoms with Gasteiger partial charge in [-0.1, -0.05) is 5.16 Å². The number of nitrogens with zero attached hydrogens (tertiary/aromatic N) is 3. The van der Waals surface area contributed by atoms with Gasteiger partial charge < -0.3 is 19.3 Å². The maximum Gasteiger partial charge on any atom is 0.258 e. The highest BCUT2D eigenvalue weighted by Gasteiger charge is 2.34. The number of methoxy groups -OCH3 is 1. The van der Waals surface area contributed by atoms with Crippen molar-refractivity contribution < 1.29 is 23.2 Å². The smallest absolute Gasteiger partial charge is 0.258 e. The molecule has 0 radical (unpaired) electrons. The fourth-order valence-corrected chi connectivity index (χ4v) is 3.54. The molecule has 1 fully saturated rings. The number of hydrogen-bond donors (Lipinski definition) is 1. The van der Waals surface area contributed by atoms with Crippen molar-refractivity contribution in [3.8, 4) is 11.5 Å². The van der Waals surface area contributed by atoms with Gasteiger partial charge in [-0.15, -0.1) is 0 Å². The van der Waals surface area contributed by atoms with E-state index in [1.54, 1.807) is 19.2 Å². The lowest BCUT2D eigenvalue weighted by Gasteiger charge is -2.28. The summed E-state index contributed by atoms with van der Waals surface area (Å²) < 4.78 is 28.7. The van der Waals surface area contributed by atoms with Gasteiger partial charge in [-0.25, -0.2) is 4.39 Å². The molecule has 1 N–H and O–H groups in total. The molecular weight excluding hydrogens is 391 g/mol. The molecule has 3 rings (SSSR count). The number of benzene rings is 1. The Hall–Kier alpha value is -2.20. The number of ether oxygens (including phenoxy) is 2. The van der Waals surface area contributed by atoms with Crippen LogP contribution in [0.3, 0.4) is 0 Å². The summed E-state index contributed by atoms with van der Waals surface area (Å²) >= 11 is 0. The molecule has 0 saturated carbocycles. The molecule has 1 aliphatic heterocycles. The molecule has 0 spiro atoms. The highest BCUT2D eigenvalue weighted by molar-refractivity contribution is 5.97. The quantitative estimate of drug-likeness (QED) is 0.337. The third-order valence-corrected chi connectivity index (χ3v) is 5.07. The van der Waals surface area contributed by atoms with Crippen molar-refractivity contribution in [1.82, 2.24) is 20.4 Å². The van der Waals surface area contributed by atoms with Crippen LogP contribution in [-0.4, -0.2) is 72.5 Å². The van der Waals surface area contributed by atoms with Gasteiger partial charge >= 0.3 is 0 Å².